The zero-order valence-corrected chi connectivity index (χ0v) is 15.5. The smallest absolute Gasteiger partial charge is 0.387 e. The second-order valence-electron chi connectivity index (χ2n) is 5.50. The fourth-order valence-corrected chi connectivity index (χ4v) is 2.75. The molecule has 2 aromatic carbocycles. The Morgan fingerprint density at radius 1 is 1.11 bits per heavy atom. The molecule has 0 atom stereocenters. The number of hydrogen-bond donors (Lipinski definition) is 1. The predicted molar refractivity (Wildman–Crippen MR) is 102 cm³/mol. The number of anilines is 1. The van der Waals surface area contributed by atoms with Crippen LogP contribution in [0.25, 0.3) is 6.08 Å². The van der Waals surface area contributed by atoms with Crippen molar-refractivity contribution in [1.29, 1.82) is 0 Å². The van der Waals surface area contributed by atoms with Crippen LogP contribution in [0.2, 0.25) is 0 Å². The Morgan fingerprint density at radius 3 is 2.48 bits per heavy atom. The van der Waals surface area contributed by atoms with E-state index in [0.717, 1.165) is 11.8 Å². The maximum Gasteiger partial charge on any atom is 0.387 e. The molecule has 0 bridgehead atoms. The number of amides is 2. The van der Waals surface area contributed by atoms with Crippen molar-refractivity contribution in [1.82, 2.24) is 4.90 Å². The Balaban J connectivity index is 2.11. The van der Waals surface area contributed by atoms with Gasteiger partial charge in [-0.2, -0.15) is 8.78 Å². The molecule has 0 spiro atoms. The molecule has 8 heteroatoms. The van der Waals surface area contributed by atoms with E-state index < -0.39 is 12.5 Å². The Labute approximate surface area is 160 Å². The lowest BCUT2D eigenvalue weighted by Crippen LogP contribution is -2.16. The number of carbonyl (C=O) groups excluding carboxylic acids is 2. The molecule has 2 aromatic rings. The molecule has 0 fully saturated rings. The predicted octanol–water partition coefficient (Wildman–Crippen LogP) is 4.71. The highest BCUT2D eigenvalue weighted by Gasteiger charge is 2.12. The summed E-state index contributed by atoms with van der Waals surface area (Å²) >= 11 is 0.989. The molecule has 27 heavy (non-hydrogen) atoms. The van der Waals surface area contributed by atoms with Gasteiger partial charge in [-0.3, -0.25) is 9.59 Å². The van der Waals surface area contributed by atoms with Crippen LogP contribution >= 0.6 is 11.8 Å². The standard InChI is InChI=1S/C19H18F2N2O3S/c1-23(2)19(25)27-16-10-6-4-8-14(16)22-17(24)12-11-13-7-3-5-9-15(13)26-18(20)21/h3-12,18H,1-2H3,(H,22,24). The van der Waals surface area contributed by atoms with Crippen molar-refractivity contribution < 1.29 is 23.1 Å². The van der Waals surface area contributed by atoms with E-state index in [-0.39, 0.29) is 11.0 Å². The lowest BCUT2D eigenvalue weighted by Gasteiger charge is -2.12. The average Bonchev–Trinajstić information content (AvgIpc) is 2.62. The Bertz CT molecular complexity index is 841. The van der Waals surface area contributed by atoms with Crippen molar-refractivity contribution in [2.24, 2.45) is 0 Å². The molecule has 0 saturated carbocycles. The molecule has 0 radical (unpaired) electrons. The molecule has 0 heterocycles. The van der Waals surface area contributed by atoms with Gasteiger partial charge in [-0.15, -0.1) is 0 Å². The number of alkyl halides is 2. The highest BCUT2D eigenvalue weighted by Crippen LogP contribution is 2.28. The summed E-state index contributed by atoms with van der Waals surface area (Å²) in [5, 5.41) is 2.50. The maximum atomic E-state index is 12.4. The fraction of sp³-hybridized carbons (Fsp3) is 0.158. The van der Waals surface area contributed by atoms with E-state index in [4.69, 9.17) is 0 Å². The van der Waals surface area contributed by atoms with Gasteiger partial charge in [-0.25, -0.2) is 0 Å². The number of carbonyl (C=O) groups is 2. The number of para-hydroxylation sites is 2. The molecular formula is C19H18F2N2O3S. The quantitative estimate of drug-likeness (QED) is 0.571. The minimum absolute atomic E-state index is 0.0240. The van der Waals surface area contributed by atoms with Gasteiger partial charge in [0, 0.05) is 30.6 Å². The fourth-order valence-electron chi connectivity index (χ4n) is 2.01. The minimum Gasteiger partial charge on any atom is -0.434 e. The van der Waals surface area contributed by atoms with Crippen molar-refractivity contribution >= 4 is 34.7 Å². The van der Waals surface area contributed by atoms with Gasteiger partial charge in [0.25, 0.3) is 5.24 Å². The average molecular weight is 392 g/mol. The number of rotatable bonds is 6. The molecule has 0 aromatic heterocycles. The summed E-state index contributed by atoms with van der Waals surface area (Å²) in [5.74, 6) is -0.490. The van der Waals surface area contributed by atoms with E-state index in [1.54, 1.807) is 56.6 Å². The van der Waals surface area contributed by atoms with Crippen LogP contribution in [0.1, 0.15) is 5.56 Å². The minimum atomic E-state index is -2.95. The number of ether oxygens (including phenoxy) is 1. The number of hydrogen-bond acceptors (Lipinski definition) is 4. The van der Waals surface area contributed by atoms with Crippen LogP contribution in [0.15, 0.2) is 59.5 Å². The summed E-state index contributed by atoms with van der Waals surface area (Å²) in [7, 11) is 3.27. The Kier molecular flexibility index (Phi) is 7.36. The van der Waals surface area contributed by atoms with E-state index in [1.807, 2.05) is 0 Å². The van der Waals surface area contributed by atoms with Crippen molar-refractivity contribution in [3.63, 3.8) is 0 Å². The zero-order chi connectivity index (χ0) is 19.8. The van der Waals surface area contributed by atoms with Crippen LogP contribution in [0.5, 0.6) is 5.75 Å². The number of nitrogens with one attached hydrogen (secondary N) is 1. The van der Waals surface area contributed by atoms with Crippen LogP contribution in [0, 0.1) is 0 Å². The number of thioether (sulfide) groups is 1. The highest BCUT2D eigenvalue weighted by atomic mass is 32.2. The lowest BCUT2D eigenvalue weighted by atomic mass is 10.2. The van der Waals surface area contributed by atoms with Gasteiger partial charge in [0.2, 0.25) is 5.91 Å². The van der Waals surface area contributed by atoms with Crippen LogP contribution in [-0.4, -0.2) is 36.8 Å². The van der Waals surface area contributed by atoms with Gasteiger partial charge in [-0.1, -0.05) is 30.3 Å². The highest BCUT2D eigenvalue weighted by molar-refractivity contribution is 8.13. The Morgan fingerprint density at radius 2 is 1.78 bits per heavy atom. The summed E-state index contributed by atoms with van der Waals surface area (Å²) < 4.78 is 29.3. The second kappa shape index (κ2) is 9.72. The van der Waals surface area contributed by atoms with Crippen LogP contribution in [0.4, 0.5) is 19.3 Å². The summed E-state index contributed by atoms with van der Waals surface area (Å²) in [5.41, 5.74) is 0.822. The molecule has 1 N–H and O–H groups in total. The van der Waals surface area contributed by atoms with E-state index in [0.29, 0.717) is 16.1 Å². The number of halogens is 2. The van der Waals surface area contributed by atoms with Crippen molar-refractivity contribution in [3.8, 4) is 5.75 Å². The van der Waals surface area contributed by atoms with Gasteiger partial charge >= 0.3 is 6.61 Å². The largest absolute Gasteiger partial charge is 0.434 e. The third kappa shape index (κ3) is 6.41. The van der Waals surface area contributed by atoms with Crippen LogP contribution < -0.4 is 10.1 Å². The summed E-state index contributed by atoms with van der Waals surface area (Å²) in [6, 6.07) is 13.0. The molecule has 5 nitrogen and oxygen atoms in total. The summed E-state index contributed by atoms with van der Waals surface area (Å²) in [6.07, 6.45) is 2.59. The summed E-state index contributed by atoms with van der Waals surface area (Å²) in [6.45, 7) is -2.95. The summed E-state index contributed by atoms with van der Waals surface area (Å²) in [4.78, 5) is 26.1. The first-order chi connectivity index (χ1) is 12.9. The normalized spacial score (nSPS) is 10.9. The molecule has 0 unspecified atom stereocenters. The van der Waals surface area contributed by atoms with E-state index in [2.05, 4.69) is 10.1 Å². The maximum absolute atomic E-state index is 12.4. The van der Waals surface area contributed by atoms with Gasteiger partial charge in [0.05, 0.1) is 5.69 Å². The van der Waals surface area contributed by atoms with E-state index in [9.17, 15) is 18.4 Å². The first-order valence-corrected chi connectivity index (χ1v) is 8.69. The molecule has 2 amide bonds. The number of benzene rings is 2. The van der Waals surface area contributed by atoms with Gasteiger partial charge < -0.3 is 15.0 Å². The lowest BCUT2D eigenvalue weighted by molar-refractivity contribution is -0.111. The molecule has 0 aliphatic rings. The van der Waals surface area contributed by atoms with Gasteiger partial charge in [-0.05, 0) is 36.0 Å². The Hall–Kier alpha value is -2.87. The van der Waals surface area contributed by atoms with Crippen molar-refractivity contribution in [3.05, 3.63) is 60.2 Å². The molecule has 2 rings (SSSR count). The van der Waals surface area contributed by atoms with Gasteiger partial charge in [0.1, 0.15) is 5.75 Å². The topological polar surface area (TPSA) is 58.6 Å². The zero-order valence-electron chi connectivity index (χ0n) is 14.7. The SMILES string of the molecule is CN(C)C(=O)Sc1ccccc1NC(=O)C=Cc1ccccc1OC(F)F. The first-order valence-electron chi connectivity index (χ1n) is 7.88. The second-order valence-corrected chi connectivity index (χ2v) is 6.49. The first kappa shape index (κ1) is 20.4. The molecule has 0 saturated heterocycles. The van der Waals surface area contributed by atoms with Crippen LogP contribution in [-0.2, 0) is 4.79 Å². The molecular weight excluding hydrogens is 374 g/mol. The number of nitrogens with zero attached hydrogens (tertiary/aromatic N) is 1. The van der Waals surface area contributed by atoms with Crippen molar-refractivity contribution in [2.75, 3.05) is 19.4 Å². The molecule has 0 aliphatic heterocycles. The van der Waals surface area contributed by atoms with Crippen molar-refractivity contribution in [2.45, 2.75) is 11.5 Å². The third-order valence-corrected chi connectivity index (χ3v) is 4.37. The van der Waals surface area contributed by atoms with Gasteiger partial charge in [0.15, 0.2) is 0 Å². The molecule has 0 aliphatic carbocycles. The van der Waals surface area contributed by atoms with E-state index in [1.165, 1.54) is 23.1 Å². The molecule has 142 valence electrons. The van der Waals surface area contributed by atoms with E-state index >= 15 is 0 Å². The van der Waals surface area contributed by atoms with Crippen LogP contribution in [0.3, 0.4) is 0 Å². The third-order valence-electron chi connectivity index (χ3n) is 3.26. The monoisotopic (exact) mass is 392 g/mol.